The predicted molar refractivity (Wildman–Crippen MR) is 71.4 cm³/mol. The van der Waals surface area contributed by atoms with Crippen LogP contribution in [0.1, 0.15) is 39.5 Å². The third kappa shape index (κ3) is 4.25. The van der Waals surface area contributed by atoms with Gasteiger partial charge in [-0.1, -0.05) is 13.8 Å². The Morgan fingerprint density at radius 1 is 1.39 bits per heavy atom. The van der Waals surface area contributed by atoms with Gasteiger partial charge in [0.1, 0.15) is 0 Å². The Morgan fingerprint density at radius 3 is 2.83 bits per heavy atom. The fourth-order valence-corrected chi connectivity index (χ4v) is 2.35. The summed E-state index contributed by atoms with van der Waals surface area (Å²) in [7, 11) is 0. The van der Waals surface area contributed by atoms with Gasteiger partial charge in [-0.3, -0.25) is 4.79 Å². The van der Waals surface area contributed by atoms with E-state index in [2.05, 4.69) is 19.2 Å². The van der Waals surface area contributed by atoms with Crippen LogP contribution in [0.25, 0.3) is 0 Å². The van der Waals surface area contributed by atoms with Crippen LogP contribution in [0.5, 0.6) is 0 Å². The lowest BCUT2D eigenvalue weighted by molar-refractivity contribution is -0.136. The van der Waals surface area contributed by atoms with Gasteiger partial charge in [0.25, 0.3) is 0 Å². The predicted octanol–water partition coefficient (Wildman–Crippen LogP) is 1.40. The van der Waals surface area contributed by atoms with E-state index in [1.54, 1.807) is 0 Å². The van der Waals surface area contributed by atoms with E-state index >= 15 is 0 Å². The molecular weight excluding hydrogens is 228 g/mol. The molecule has 0 aromatic carbocycles. The number of ether oxygens (including phenoxy) is 1. The van der Waals surface area contributed by atoms with E-state index in [9.17, 15) is 4.79 Å². The smallest absolute Gasteiger partial charge is 0.239 e. The summed E-state index contributed by atoms with van der Waals surface area (Å²) in [5.74, 6) is 0.840. The SMILES string of the molecule is CC(C)COCCN1CCCC(NC2CC2)C1=O. The number of hydrogen-bond donors (Lipinski definition) is 1. The highest BCUT2D eigenvalue weighted by Crippen LogP contribution is 2.22. The summed E-state index contributed by atoms with van der Waals surface area (Å²) in [6.45, 7) is 7.37. The lowest BCUT2D eigenvalue weighted by Gasteiger charge is -2.32. The number of piperidine rings is 1. The van der Waals surface area contributed by atoms with E-state index in [-0.39, 0.29) is 11.9 Å². The Balaban J connectivity index is 1.68. The van der Waals surface area contributed by atoms with Crippen molar-refractivity contribution in [3.05, 3.63) is 0 Å². The summed E-state index contributed by atoms with van der Waals surface area (Å²) in [6.07, 6.45) is 4.58. The molecule has 0 radical (unpaired) electrons. The summed E-state index contributed by atoms with van der Waals surface area (Å²) in [5.41, 5.74) is 0. The largest absolute Gasteiger partial charge is 0.379 e. The second kappa shape index (κ2) is 6.53. The lowest BCUT2D eigenvalue weighted by Crippen LogP contribution is -2.52. The van der Waals surface area contributed by atoms with Crippen LogP contribution >= 0.6 is 0 Å². The number of nitrogens with one attached hydrogen (secondary N) is 1. The number of hydrogen-bond acceptors (Lipinski definition) is 3. The van der Waals surface area contributed by atoms with E-state index in [1.807, 2.05) is 4.90 Å². The number of carbonyl (C=O) groups is 1. The fraction of sp³-hybridized carbons (Fsp3) is 0.929. The van der Waals surface area contributed by atoms with Gasteiger partial charge in [0.05, 0.1) is 12.6 Å². The van der Waals surface area contributed by atoms with Gasteiger partial charge in [-0.05, 0) is 31.6 Å². The van der Waals surface area contributed by atoms with Gasteiger partial charge in [-0.2, -0.15) is 0 Å². The Hall–Kier alpha value is -0.610. The van der Waals surface area contributed by atoms with E-state index in [1.165, 1.54) is 12.8 Å². The Morgan fingerprint density at radius 2 is 2.17 bits per heavy atom. The third-order valence-corrected chi connectivity index (χ3v) is 3.50. The van der Waals surface area contributed by atoms with Crippen molar-refractivity contribution in [3.63, 3.8) is 0 Å². The number of likely N-dealkylation sites (tertiary alicyclic amines) is 1. The maximum absolute atomic E-state index is 12.2. The summed E-state index contributed by atoms with van der Waals surface area (Å²) >= 11 is 0. The Labute approximate surface area is 110 Å². The van der Waals surface area contributed by atoms with Crippen LogP contribution in [0.3, 0.4) is 0 Å². The van der Waals surface area contributed by atoms with Crippen LogP contribution < -0.4 is 5.32 Å². The van der Waals surface area contributed by atoms with Gasteiger partial charge in [-0.25, -0.2) is 0 Å². The van der Waals surface area contributed by atoms with Crippen LogP contribution in [0, 0.1) is 5.92 Å². The van der Waals surface area contributed by atoms with Gasteiger partial charge in [0, 0.05) is 25.7 Å². The van der Waals surface area contributed by atoms with Crippen LogP contribution in [0.2, 0.25) is 0 Å². The fourth-order valence-electron chi connectivity index (χ4n) is 2.35. The first kappa shape index (κ1) is 13.8. The maximum atomic E-state index is 12.2. The molecule has 1 heterocycles. The van der Waals surface area contributed by atoms with Crippen molar-refractivity contribution in [2.75, 3.05) is 26.3 Å². The molecule has 1 amide bonds. The molecule has 0 bridgehead atoms. The molecule has 4 heteroatoms. The number of rotatable bonds is 7. The van der Waals surface area contributed by atoms with Crippen molar-refractivity contribution >= 4 is 5.91 Å². The number of carbonyl (C=O) groups excluding carboxylic acids is 1. The quantitative estimate of drug-likeness (QED) is 0.698. The van der Waals surface area contributed by atoms with E-state index in [4.69, 9.17) is 4.74 Å². The van der Waals surface area contributed by atoms with Crippen LogP contribution in [-0.2, 0) is 9.53 Å². The molecule has 0 aromatic rings. The molecule has 1 saturated carbocycles. The zero-order valence-electron chi connectivity index (χ0n) is 11.7. The summed E-state index contributed by atoms with van der Waals surface area (Å²) in [5, 5.41) is 3.45. The van der Waals surface area contributed by atoms with Gasteiger partial charge in [-0.15, -0.1) is 0 Å². The molecule has 2 aliphatic rings. The minimum Gasteiger partial charge on any atom is -0.379 e. The highest BCUT2D eigenvalue weighted by Gasteiger charge is 2.32. The first-order valence-electron chi connectivity index (χ1n) is 7.29. The summed E-state index contributed by atoms with van der Waals surface area (Å²) < 4.78 is 5.56. The average molecular weight is 254 g/mol. The van der Waals surface area contributed by atoms with Crippen LogP contribution in [0.15, 0.2) is 0 Å². The van der Waals surface area contributed by atoms with Gasteiger partial charge in [0.15, 0.2) is 0 Å². The molecular formula is C14H26N2O2. The van der Waals surface area contributed by atoms with E-state index < -0.39 is 0 Å². The molecule has 1 aliphatic heterocycles. The number of amides is 1. The first-order chi connectivity index (χ1) is 8.66. The standard InChI is InChI=1S/C14H26N2O2/c1-11(2)10-18-9-8-16-7-3-4-13(14(16)17)15-12-5-6-12/h11-13,15H,3-10H2,1-2H3. The minimum atomic E-state index is 0.0661. The monoisotopic (exact) mass is 254 g/mol. The molecule has 0 spiro atoms. The molecule has 2 rings (SSSR count). The van der Waals surface area contributed by atoms with Crippen LogP contribution in [-0.4, -0.2) is 49.2 Å². The minimum absolute atomic E-state index is 0.0661. The first-order valence-corrected chi connectivity index (χ1v) is 7.29. The number of nitrogens with zero attached hydrogens (tertiary/aromatic N) is 1. The molecule has 104 valence electrons. The van der Waals surface area contributed by atoms with Gasteiger partial charge in [0.2, 0.25) is 5.91 Å². The highest BCUT2D eigenvalue weighted by molar-refractivity contribution is 5.82. The Bertz CT molecular complexity index is 277. The van der Waals surface area contributed by atoms with Crippen LogP contribution in [0.4, 0.5) is 0 Å². The average Bonchev–Trinajstić information content (AvgIpc) is 3.12. The summed E-state index contributed by atoms with van der Waals surface area (Å²) in [4.78, 5) is 14.2. The topological polar surface area (TPSA) is 41.6 Å². The zero-order valence-corrected chi connectivity index (χ0v) is 11.7. The van der Waals surface area contributed by atoms with E-state index in [0.717, 1.165) is 32.5 Å². The molecule has 4 nitrogen and oxygen atoms in total. The normalized spacial score (nSPS) is 24.9. The highest BCUT2D eigenvalue weighted by atomic mass is 16.5. The molecule has 1 saturated heterocycles. The van der Waals surface area contributed by atoms with Crippen molar-refractivity contribution in [1.29, 1.82) is 0 Å². The third-order valence-electron chi connectivity index (χ3n) is 3.50. The zero-order chi connectivity index (χ0) is 13.0. The molecule has 0 aromatic heterocycles. The van der Waals surface area contributed by atoms with Gasteiger partial charge < -0.3 is 15.0 Å². The Kier molecular flexibility index (Phi) is 5.01. The van der Waals surface area contributed by atoms with Crippen molar-refractivity contribution in [3.8, 4) is 0 Å². The molecule has 1 aliphatic carbocycles. The second-order valence-electron chi connectivity index (χ2n) is 5.93. The van der Waals surface area contributed by atoms with Crippen molar-refractivity contribution < 1.29 is 9.53 Å². The van der Waals surface area contributed by atoms with E-state index in [0.29, 0.717) is 18.6 Å². The molecule has 1 N–H and O–H groups in total. The lowest BCUT2D eigenvalue weighted by atomic mass is 10.0. The van der Waals surface area contributed by atoms with Crippen molar-refractivity contribution in [2.24, 2.45) is 5.92 Å². The second-order valence-corrected chi connectivity index (χ2v) is 5.93. The maximum Gasteiger partial charge on any atom is 0.239 e. The molecule has 2 fully saturated rings. The summed E-state index contributed by atoms with van der Waals surface area (Å²) in [6, 6.07) is 0.674. The van der Waals surface area contributed by atoms with Crippen molar-refractivity contribution in [2.45, 2.75) is 51.6 Å². The molecule has 1 unspecified atom stereocenters. The van der Waals surface area contributed by atoms with Crippen molar-refractivity contribution in [1.82, 2.24) is 10.2 Å². The molecule has 1 atom stereocenters. The molecule has 18 heavy (non-hydrogen) atoms. The van der Waals surface area contributed by atoms with Gasteiger partial charge >= 0.3 is 0 Å².